The standard InChI is InChI=1S/C15H13ClN2/c1-18-9-8-11-10-14(6-7-15(11)18)17-13-4-2-12(16)3-5-13/h2-10,17H,1H3. The van der Waals surface area contributed by atoms with Crippen molar-refractivity contribution in [3.05, 3.63) is 59.8 Å². The summed E-state index contributed by atoms with van der Waals surface area (Å²) < 4.78 is 2.11. The van der Waals surface area contributed by atoms with Crippen molar-refractivity contribution in [3.8, 4) is 0 Å². The molecule has 0 amide bonds. The van der Waals surface area contributed by atoms with Crippen molar-refractivity contribution in [1.82, 2.24) is 4.57 Å². The van der Waals surface area contributed by atoms with Crippen molar-refractivity contribution >= 4 is 33.9 Å². The second-order valence-corrected chi connectivity index (χ2v) is 4.77. The molecular weight excluding hydrogens is 244 g/mol. The van der Waals surface area contributed by atoms with Crippen molar-refractivity contribution < 1.29 is 0 Å². The number of benzene rings is 2. The van der Waals surface area contributed by atoms with Gasteiger partial charge in [-0.15, -0.1) is 0 Å². The van der Waals surface area contributed by atoms with E-state index in [0.717, 1.165) is 16.4 Å². The first kappa shape index (κ1) is 11.2. The largest absolute Gasteiger partial charge is 0.356 e. The topological polar surface area (TPSA) is 17.0 Å². The molecule has 90 valence electrons. The first-order chi connectivity index (χ1) is 8.72. The van der Waals surface area contributed by atoms with E-state index in [4.69, 9.17) is 11.6 Å². The molecule has 0 aliphatic carbocycles. The number of aryl methyl sites for hydroxylation is 1. The molecule has 0 bridgehead atoms. The molecule has 0 saturated carbocycles. The number of anilines is 2. The van der Waals surface area contributed by atoms with Crippen molar-refractivity contribution in [2.75, 3.05) is 5.32 Å². The lowest BCUT2D eigenvalue weighted by Crippen LogP contribution is -1.90. The Balaban J connectivity index is 1.92. The number of nitrogens with one attached hydrogen (secondary N) is 1. The van der Waals surface area contributed by atoms with E-state index in [1.54, 1.807) is 0 Å². The van der Waals surface area contributed by atoms with Crippen LogP contribution in [0, 0.1) is 0 Å². The van der Waals surface area contributed by atoms with Crippen molar-refractivity contribution in [1.29, 1.82) is 0 Å². The summed E-state index contributed by atoms with van der Waals surface area (Å²) in [6, 6.07) is 16.2. The number of hydrogen-bond acceptors (Lipinski definition) is 1. The Bertz CT molecular complexity index is 683. The quantitative estimate of drug-likeness (QED) is 0.710. The Morgan fingerprint density at radius 3 is 2.44 bits per heavy atom. The first-order valence-electron chi connectivity index (χ1n) is 5.80. The second-order valence-electron chi connectivity index (χ2n) is 4.33. The predicted octanol–water partition coefficient (Wildman–Crippen LogP) is 4.58. The van der Waals surface area contributed by atoms with E-state index in [2.05, 4.69) is 47.4 Å². The molecule has 3 rings (SSSR count). The summed E-state index contributed by atoms with van der Waals surface area (Å²) in [5.41, 5.74) is 3.35. The summed E-state index contributed by atoms with van der Waals surface area (Å²) >= 11 is 5.86. The fourth-order valence-corrected chi connectivity index (χ4v) is 2.19. The van der Waals surface area contributed by atoms with Crippen molar-refractivity contribution in [3.63, 3.8) is 0 Å². The minimum Gasteiger partial charge on any atom is -0.356 e. The molecule has 0 spiro atoms. The molecule has 3 aromatic rings. The highest BCUT2D eigenvalue weighted by atomic mass is 35.5. The lowest BCUT2D eigenvalue weighted by molar-refractivity contribution is 0.969. The van der Waals surface area contributed by atoms with Gasteiger partial charge in [0.25, 0.3) is 0 Å². The van der Waals surface area contributed by atoms with Gasteiger partial charge in [0.05, 0.1) is 0 Å². The average Bonchev–Trinajstić information content (AvgIpc) is 2.74. The molecule has 3 heteroatoms. The SMILES string of the molecule is Cn1ccc2cc(Nc3ccc(Cl)cc3)ccc21. The molecule has 0 radical (unpaired) electrons. The second kappa shape index (κ2) is 4.39. The highest BCUT2D eigenvalue weighted by molar-refractivity contribution is 6.30. The molecule has 1 N–H and O–H groups in total. The Morgan fingerprint density at radius 2 is 1.67 bits per heavy atom. The highest BCUT2D eigenvalue weighted by Crippen LogP contribution is 2.23. The number of rotatable bonds is 2. The lowest BCUT2D eigenvalue weighted by atomic mass is 10.2. The van der Waals surface area contributed by atoms with Crippen LogP contribution in [0.15, 0.2) is 54.7 Å². The fourth-order valence-electron chi connectivity index (χ4n) is 2.06. The average molecular weight is 257 g/mol. The highest BCUT2D eigenvalue weighted by Gasteiger charge is 2.00. The molecule has 0 saturated heterocycles. The Labute approximate surface area is 111 Å². The van der Waals surface area contributed by atoms with E-state index in [1.165, 1.54) is 10.9 Å². The molecular formula is C15H13ClN2. The first-order valence-corrected chi connectivity index (χ1v) is 6.18. The number of fused-ring (bicyclic) bond motifs is 1. The smallest absolute Gasteiger partial charge is 0.0479 e. The summed E-state index contributed by atoms with van der Waals surface area (Å²) in [5.74, 6) is 0. The summed E-state index contributed by atoms with van der Waals surface area (Å²) in [4.78, 5) is 0. The molecule has 2 aromatic carbocycles. The third-order valence-electron chi connectivity index (χ3n) is 3.02. The zero-order valence-electron chi connectivity index (χ0n) is 10.0. The summed E-state index contributed by atoms with van der Waals surface area (Å²) in [6.07, 6.45) is 2.07. The normalized spacial score (nSPS) is 10.8. The van der Waals surface area contributed by atoms with E-state index in [9.17, 15) is 0 Å². The van der Waals surface area contributed by atoms with Gasteiger partial charge < -0.3 is 9.88 Å². The molecule has 0 aliphatic heterocycles. The molecule has 1 heterocycles. The maximum Gasteiger partial charge on any atom is 0.0479 e. The van der Waals surface area contributed by atoms with Crippen LogP contribution >= 0.6 is 11.6 Å². The monoisotopic (exact) mass is 256 g/mol. The van der Waals surface area contributed by atoms with Crippen LogP contribution in [-0.4, -0.2) is 4.57 Å². The Hall–Kier alpha value is -1.93. The molecule has 2 nitrogen and oxygen atoms in total. The summed E-state index contributed by atoms with van der Waals surface area (Å²) in [6.45, 7) is 0. The molecule has 0 aliphatic rings. The maximum atomic E-state index is 5.86. The molecule has 18 heavy (non-hydrogen) atoms. The van der Waals surface area contributed by atoms with Crippen LogP contribution in [0.4, 0.5) is 11.4 Å². The lowest BCUT2D eigenvalue weighted by Gasteiger charge is -2.07. The summed E-state index contributed by atoms with van der Waals surface area (Å²) in [7, 11) is 2.05. The van der Waals surface area contributed by atoms with Gasteiger partial charge in [-0.3, -0.25) is 0 Å². The third kappa shape index (κ3) is 2.07. The van der Waals surface area contributed by atoms with Gasteiger partial charge in [0.2, 0.25) is 0 Å². The van der Waals surface area contributed by atoms with Crippen LogP contribution in [0.25, 0.3) is 10.9 Å². The number of nitrogens with zero attached hydrogens (tertiary/aromatic N) is 1. The molecule has 0 fully saturated rings. The van der Waals surface area contributed by atoms with E-state index in [-0.39, 0.29) is 0 Å². The van der Waals surface area contributed by atoms with Gasteiger partial charge in [-0.2, -0.15) is 0 Å². The minimum atomic E-state index is 0.749. The maximum absolute atomic E-state index is 5.86. The van der Waals surface area contributed by atoms with E-state index in [1.807, 2.05) is 24.3 Å². The zero-order chi connectivity index (χ0) is 12.5. The van der Waals surface area contributed by atoms with E-state index >= 15 is 0 Å². The van der Waals surface area contributed by atoms with Crippen LogP contribution in [0.5, 0.6) is 0 Å². The van der Waals surface area contributed by atoms with Crippen LogP contribution in [0.1, 0.15) is 0 Å². The van der Waals surface area contributed by atoms with Crippen molar-refractivity contribution in [2.24, 2.45) is 7.05 Å². The molecule has 0 unspecified atom stereocenters. The van der Waals surface area contributed by atoms with Gasteiger partial charge in [0.15, 0.2) is 0 Å². The van der Waals surface area contributed by atoms with Crippen LogP contribution in [0.3, 0.4) is 0 Å². The minimum absolute atomic E-state index is 0.749. The molecule has 1 aromatic heterocycles. The predicted molar refractivity (Wildman–Crippen MR) is 77.7 cm³/mol. The zero-order valence-corrected chi connectivity index (χ0v) is 10.8. The van der Waals surface area contributed by atoms with Gasteiger partial charge in [-0.1, -0.05) is 11.6 Å². The Morgan fingerprint density at radius 1 is 0.944 bits per heavy atom. The summed E-state index contributed by atoms with van der Waals surface area (Å²) in [5, 5.41) is 5.35. The molecule has 0 atom stereocenters. The number of hydrogen-bond donors (Lipinski definition) is 1. The third-order valence-corrected chi connectivity index (χ3v) is 3.27. The van der Waals surface area contributed by atoms with Gasteiger partial charge in [0.1, 0.15) is 0 Å². The van der Waals surface area contributed by atoms with Gasteiger partial charge in [0, 0.05) is 40.5 Å². The van der Waals surface area contributed by atoms with Gasteiger partial charge in [-0.25, -0.2) is 0 Å². The fraction of sp³-hybridized carbons (Fsp3) is 0.0667. The van der Waals surface area contributed by atoms with Crippen LogP contribution in [-0.2, 0) is 7.05 Å². The van der Waals surface area contributed by atoms with Gasteiger partial charge >= 0.3 is 0 Å². The van der Waals surface area contributed by atoms with E-state index in [0.29, 0.717) is 0 Å². The van der Waals surface area contributed by atoms with Gasteiger partial charge in [-0.05, 0) is 48.5 Å². The van der Waals surface area contributed by atoms with Crippen LogP contribution < -0.4 is 5.32 Å². The number of aromatic nitrogens is 1. The Kier molecular flexibility index (Phi) is 2.73. The van der Waals surface area contributed by atoms with Crippen molar-refractivity contribution in [2.45, 2.75) is 0 Å². The van der Waals surface area contributed by atoms with E-state index < -0.39 is 0 Å². The number of halogens is 1. The van der Waals surface area contributed by atoms with Crippen LogP contribution in [0.2, 0.25) is 5.02 Å².